The number of nitrogens with one attached hydrogen (secondary N) is 1. The number of carbonyl (C=O) groups excluding carboxylic acids is 1. The van der Waals surface area contributed by atoms with E-state index in [1.807, 2.05) is 13.8 Å². The average molecular weight is 357 g/mol. The highest BCUT2D eigenvalue weighted by Crippen LogP contribution is 2.21. The molecule has 2 aliphatic heterocycles. The summed E-state index contributed by atoms with van der Waals surface area (Å²) in [6.45, 7) is 7.70. The Morgan fingerprint density at radius 2 is 2.04 bits per heavy atom. The number of piperidine rings is 1. The Balaban J connectivity index is 1.46. The predicted molar refractivity (Wildman–Crippen MR) is 98.8 cm³/mol. The van der Waals surface area contributed by atoms with Crippen LogP contribution < -0.4 is 10.2 Å². The molecular formula is C19H27N5O2. The Labute approximate surface area is 154 Å². The highest BCUT2D eigenvalue weighted by Gasteiger charge is 2.26. The van der Waals surface area contributed by atoms with Gasteiger partial charge in [-0.1, -0.05) is 0 Å². The minimum Gasteiger partial charge on any atom is -0.373 e. The lowest BCUT2D eigenvalue weighted by atomic mass is 10.0. The van der Waals surface area contributed by atoms with Crippen LogP contribution in [0.2, 0.25) is 0 Å². The molecular weight excluding hydrogens is 330 g/mol. The highest BCUT2D eigenvalue weighted by molar-refractivity contribution is 5.78. The molecule has 3 rings (SSSR count). The summed E-state index contributed by atoms with van der Waals surface area (Å²) >= 11 is 0. The van der Waals surface area contributed by atoms with E-state index in [-0.39, 0.29) is 24.2 Å². The summed E-state index contributed by atoms with van der Waals surface area (Å²) < 4.78 is 5.71. The quantitative estimate of drug-likeness (QED) is 0.870. The molecule has 1 amide bonds. The van der Waals surface area contributed by atoms with Gasteiger partial charge in [0.1, 0.15) is 11.9 Å². The summed E-state index contributed by atoms with van der Waals surface area (Å²) in [7, 11) is 0. The maximum Gasteiger partial charge on any atom is 0.234 e. The summed E-state index contributed by atoms with van der Waals surface area (Å²) in [4.78, 5) is 21.0. The van der Waals surface area contributed by atoms with Crippen molar-refractivity contribution in [2.45, 2.75) is 44.9 Å². The number of ether oxygens (including phenoxy) is 1. The summed E-state index contributed by atoms with van der Waals surface area (Å²) in [5.74, 6) is 0.830. The van der Waals surface area contributed by atoms with E-state index in [0.29, 0.717) is 12.1 Å². The number of aromatic nitrogens is 1. The van der Waals surface area contributed by atoms with Crippen molar-refractivity contribution in [2.75, 3.05) is 37.6 Å². The number of hydrogen-bond donors (Lipinski definition) is 1. The lowest BCUT2D eigenvalue weighted by molar-refractivity contribution is -0.126. The van der Waals surface area contributed by atoms with Crippen LogP contribution in [0.1, 0.15) is 32.3 Å². The maximum atomic E-state index is 12.4. The van der Waals surface area contributed by atoms with Crippen LogP contribution in [-0.4, -0.2) is 66.8 Å². The zero-order valence-electron chi connectivity index (χ0n) is 15.5. The first-order valence-corrected chi connectivity index (χ1v) is 9.32. The molecule has 2 saturated heterocycles. The number of amides is 1. The van der Waals surface area contributed by atoms with E-state index < -0.39 is 0 Å². The van der Waals surface area contributed by atoms with Gasteiger partial charge in [-0.2, -0.15) is 5.26 Å². The SMILES string of the molecule is C[C@@H]1CN(CC(=O)NC2CCN(c3ncccc3C#N)CC2)C[C@H](C)O1. The topological polar surface area (TPSA) is 81.5 Å². The Hall–Kier alpha value is -2.17. The van der Waals surface area contributed by atoms with Crippen molar-refractivity contribution in [1.29, 1.82) is 5.26 Å². The monoisotopic (exact) mass is 357 g/mol. The zero-order valence-corrected chi connectivity index (χ0v) is 15.5. The van der Waals surface area contributed by atoms with Gasteiger partial charge in [-0.3, -0.25) is 9.69 Å². The van der Waals surface area contributed by atoms with E-state index in [1.165, 1.54) is 0 Å². The van der Waals surface area contributed by atoms with Crippen molar-refractivity contribution in [3.8, 4) is 6.07 Å². The van der Waals surface area contributed by atoms with Gasteiger partial charge in [-0.15, -0.1) is 0 Å². The first kappa shape index (κ1) is 18.6. The number of morpholine rings is 1. The lowest BCUT2D eigenvalue weighted by Crippen LogP contribution is -2.51. The highest BCUT2D eigenvalue weighted by atomic mass is 16.5. The first-order valence-electron chi connectivity index (χ1n) is 9.32. The van der Waals surface area contributed by atoms with Gasteiger partial charge in [0.15, 0.2) is 0 Å². The van der Waals surface area contributed by atoms with Crippen molar-refractivity contribution in [2.24, 2.45) is 0 Å². The summed E-state index contributed by atoms with van der Waals surface area (Å²) in [5, 5.41) is 12.4. The molecule has 0 aliphatic carbocycles. The van der Waals surface area contributed by atoms with Crippen molar-refractivity contribution in [3.05, 3.63) is 23.9 Å². The fraction of sp³-hybridized carbons (Fsp3) is 0.632. The normalized spacial score (nSPS) is 24.9. The van der Waals surface area contributed by atoms with Gasteiger partial charge in [0, 0.05) is 38.4 Å². The molecule has 2 aliphatic rings. The Kier molecular flexibility index (Phi) is 6.07. The standard InChI is InChI=1S/C19H27N5O2/c1-14-11-23(12-15(2)26-14)13-18(25)22-17-5-8-24(9-6-17)19-16(10-20)4-3-7-21-19/h3-4,7,14-15,17H,5-6,8-9,11-13H2,1-2H3,(H,22,25)/t14-,15+. The van der Waals surface area contributed by atoms with E-state index in [2.05, 4.69) is 26.2 Å². The Morgan fingerprint density at radius 3 is 2.69 bits per heavy atom. The van der Waals surface area contributed by atoms with Crippen molar-refractivity contribution < 1.29 is 9.53 Å². The number of nitriles is 1. The van der Waals surface area contributed by atoms with Crippen molar-refractivity contribution in [3.63, 3.8) is 0 Å². The smallest absolute Gasteiger partial charge is 0.234 e. The number of anilines is 1. The van der Waals surface area contributed by atoms with E-state index in [0.717, 1.165) is 44.8 Å². The second-order valence-corrected chi connectivity index (χ2v) is 7.27. The third kappa shape index (κ3) is 4.71. The average Bonchev–Trinajstić information content (AvgIpc) is 2.61. The second-order valence-electron chi connectivity index (χ2n) is 7.27. The fourth-order valence-electron chi connectivity index (χ4n) is 3.86. The van der Waals surface area contributed by atoms with Gasteiger partial charge >= 0.3 is 0 Å². The predicted octanol–water partition coefficient (Wildman–Crippen LogP) is 1.15. The molecule has 3 heterocycles. The molecule has 140 valence electrons. The first-order chi connectivity index (χ1) is 12.5. The molecule has 0 radical (unpaired) electrons. The van der Waals surface area contributed by atoms with Gasteiger partial charge in [-0.05, 0) is 38.8 Å². The summed E-state index contributed by atoms with van der Waals surface area (Å²) in [6.07, 6.45) is 3.78. The van der Waals surface area contributed by atoms with Gasteiger partial charge < -0.3 is 15.0 Å². The number of rotatable bonds is 4. The van der Waals surface area contributed by atoms with E-state index in [4.69, 9.17) is 4.74 Å². The summed E-state index contributed by atoms with van der Waals surface area (Å²) in [5.41, 5.74) is 0.602. The Morgan fingerprint density at radius 1 is 1.35 bits per heavy atom. The van der Waals surface area contributed by atoms with Crippen LogP contribution in [0.15, 0.2) is 18.3 Å². The van der Waals surface area contributed by atoms with Crippen LogP contribution in [0, 0.1) is 11.3 Å². The molecule has 7 nitrogen and oxygen atoms in total. The molecule has 1 N–H and O–H groups in total. The van der Waals surface area contributed by atoms with Gasteiger partial charge in [0.2, 0.25) is 5.91 Å². The fourth-order valence-corrected chi connectivity index (χ4v) is 3.86. The third-order valence-corrected chi connectivity index (χ3v) is 4.93. The van der Waals surface area contributed by atoms with Crippen LogP contribution in [0.3, 0.4) is 0 Å². The van der Waals surface area contributed by atoms with Crippen LogP contribution in [-0.2, 0) is 9.53 Å². The van der Waals surface area contributed by atoms with Gasteiger partial charge in [-0.25, -0.2) is 4.98 Å². The van der Waals surface area contributed by atoms with E-state index in [9.17, 15) is 10.1 Å². The second kappa shape index (κ2) is 8.47. The largest absolute Gasteiger partial charge is 0.373 e. The zero-order chi connectivity index (χ0) is 18.5. The number of carbonyl (C=O) groups is 1. The van der Waals surface area contributed by atoms with Crippen LogP contribution >= 0.6 is 0 Å². The van der Waals surface area contributed by atoms with Crippen LogP contribution in [0.5, 0.6) is 0 Å². The molecule has 0 aromatic carbocycles. The molecule has 2 atom stereocenters. The molecule has 0 spiro atoms. The molecule has 0 bridgehead atoms. The van der Waals surface area contributed by atoms with Crippen LogP contribution in [0.25, 0.3) is 0 Å². The Bertz CT molecular complexity index is 656. The van der Waals surface area contributed by atoms with E-state index >= 15 is 0 Å². The van der Waals surface area contributed by atoms with Gasteiger partial charge in [0.05, 0.1) is 24.3 Å². The molecule has 1 aromatic rings. The minimum absolute atomic E-state index is 0.0836. The number of pyridine rings is 1. The molecule has 0 saturated carbocycles. The van der Waals surface area contributed by atoms with Gasteiger partial charge in [0.25, 0.3) is 0 Å². The third-order valence-electron chi connectivity index (χ3n) is 4.93. The van der Waals surface area contributed by atoms with Crippen molar-refractivity contribution >= 4 is 11.7 Å². The molecule has 7 heteroatoms. The molecule has 1 aromatic heterocycles. The number of hydrogen-bond acceptors (Lipinski definition) is 6. The molecule has 0 unspecified atom stereocenters. The maximum absolute atomic E-state index is 12.4. The summed E-state index contributed by atoms with van der Waals surface area (Å²) in [6, 6.07) is 5.96. The van der Waals surface area contributed by atoms with E-state index in [1.54, 1.807) is 18.3 Å². The molecule has 26 heavy (non-hydrogen) atoms. The molecule has 2 fully saturated rings. The minimum atomic E-state index is 0.0836. The van der Waals surface area contributed by atoms with Crippen molar-refractivity contribution in [1.82, 2.24) is 15.2 Å². The lowest BCUT2D eigenvalue weighted by Gasteiger charge is -2.36. The van der Waals surface area contributed by atoms with Crippen LogP contribution in [0.4, 0.5) is 5.82 Å². The number of nitrogens with zero attached hydrogens (tertiary/aromatic N) is 4.